The molecule has 2 saturated heterocycles. The second kappa shape index (κ2) is 15.0. The van der Waals surface area contributed by atoms with E-state index in [1.165, 1.54) is 5.57 Å². The third-order valence-corrected chi connectivity index (χ3v) is 17.4. The topological polar surface area (TPSA) is 242 Å². The molecule has 2 heterocycles. The van der Waals surface area contributed by atoms with E-state index in [0.717, 1.165) is 45.6 Å². The van der Waals surface area contributed by atoms with Crippen molar-refractivity contribution in [1.82, 2.24) is 0 Å². The van der Waals surface area contributed by atoms with E-state index in [1.807, 2.05) is 13.8 Å². The molecule has 6 fully saturated rings. The Labute approximate surface area is 341 Å². The standard InChI is InChI=1S/C43H68O15/c1-38(2)13-15-43(37(52)53)16-14-41(6)20(21(43)17-38)9-10-25-40(5)18-22(45)33(39(3,4)24(40)11-12-42(25,41)7)58-36-30(50)31(29(49)32(57-36)34(51)54-8)56-35-28(48)27(47)26(46)23(19-44)55-35/h9,21-33,35-36,44-50H,10-19H2,1-8H3,(H,52,53). The zero-order valence-electron chi connectivity index (χ0n) is 35.2. The van der Waals surface area contributed by atoms with Gasteiger partial charge in [0.05, 0.1) is 31.3 Å². The average molecular weight is 825 g/mol. The van der Waals surface area contributed by atoms with Crippen LogP contribution < -0.4 is 0 Å². The second-order valence-electron chi connectivity index (χ2n) is 21.1. The van der Waals surface area contributed by atoms with Crippen LogP contribution in [0.5, 0.6) is 0 Å². The molecule has 0 aromatic carbocycles. The highest BCUT2D eigenvalue weighted by Crippen LogP contribution is 2.76. The number of esters is 1. The van der Waals surface area contributed by atoms with Gasteiger partial charge in [-0.05, 0) is 103 Å². The zero-order chi connectivity index (χ0) is 42.7. The van der Waals surface area contributed by atoms with Crippen molar-refractivity contribution < 1.29 is 74.1 Å². The normalized spacial score (nSPS) is 52.2. The summed E-state index contributed by atoms with van der Waals surface area (Å²) in [5.74, 6) is -1.50. The maximum Gasteiger partial charge on any atom is 0.337 e. The Bertz CT molecular complexity index is 1610. The van der Waals surface area contributed by atoms with Crippen LogP contribution in [0.4, 0.5) is 0 Å². The number of aliphatic hydroxyl groups excluding tert-OH is 7. The molecule has 0 amide bonds. The Balaban J connectivity index is 1.16. The smallest absolute Gasteiger partial charge is 0.337 e. The van der Waals surface area contributed by atoms with Gasteiger partial charge in [-0.15, -0.1) is 0 Å². The zero-order valence-corrected chi connectivity index (χ0v) is 35.2. The lowest BCUT2D eigenvalue weighted by Crippen LogP contribution is -2.69. The Morgan fingerprint density at radius 1 is 0.776 bits per heavy atom. The fourth-order valence-electron chi connectivity index (χ4n) is 13.9. The fraction of sp³-hybridized carbons (Fsp3) is 0.907. The summed E-state index contributed by atoms with van der Waals surface area (Å²) < 4.78 is 28.6. The molecular formula is C43H68O15. The molecule has 0 aromatic heterocycles. The number of carbonyl (C=O) groups excluding carboxylic acids is 1. The summed E-state index contributed by atoms with van der Waals surface area (Å²) in [5.41, 5.74) is -0.843. The number of allylic oxidation sites excluding steroid dienone is 2. The number of fused-ring (bicyclic) bond motifs is 7. The van der Waals surface area contributed by atoms with Crippen LogP contribution in [0.25, 0.3) is 0 Å². The molecule has 15 nitrogen and oxygen atoms in total. The SMILES string of the molecule is COC(=O)C1OC(OC2C(O)CC3(C)C(CCC4(C)C3CC=C3C5CC(C)(C)CCC5(C(=O)O)CCC34C)C2(C)C)C(O)C(OC2OC(CO)C(O)C(O)C2O)C1O. The minimum absolute atomic E-state index is 0.0234. The maximum atomic E-state index is 13.1. The summed E-state index contributed by atoms with van der Waals surface area (Å²) in [6, 6.07) is 0. The molecule has 2 aliphatic heterocycles. The highest BCUT2D eigenvalue weighted by molar-refractivity contribution is 5.77. The van der Waals surface area contributed by atoms with Crippen LogP contribution >= 0.6 is 0 Å². The highest BCUT2D eigenvalue weighted by atomic mass is 16.7. The molecule has 330 valence electrons. The van der Waals surface area contributed by atoms with Crippen molar-refractivity contribution in [2.24, 2.45) is 50.2 Å². The molecule has 8 N–H and O–H groups in total. The van der Waals surface area contributed by atoms with Crippen molar-refractivity contribution in [3.8, 4) is 0 Å². The van der Waals surface area contributed by atoms with E-state index < -0.39 is 103 Å². The maximum absolute atomic E-state index is 13.1. The van der Waals surface area contributed by atoms with Gasteiger partial charge in [-0.1, -0.05) is 60.1 Å². The van der Waals surface area contributed by atoms with Gasteiger partial charge in [0.2, 0.25) is 0 Å². The van der Waals surface area contributed by atoms with Gasteiger partial charge in [0.1, 0.15) is 42.7 Å². The number of ether oxygens (including phenoxy) is 5. The summed E-state index contributed by atoms with van der Waals surface area (Å²) in [4.78, 5) is 26.0. The Kier molecular flexibility index (Phi) is 11.4. The number of carboxylic acids is 1. The number of rotatable bonds is 7. The largest absolute Gasteiger partial charge is 0.481 e. The van der Waals surface area contributed by atoms with Crippen LogP contribution in [0.15, 0.2) is 11.6 Å². The van der Waals surface area contributed by atoms with Crippen LogP contribution in [-0.2, 0) is 33.3 Å². The van der Waals surface area contributed by atoms with E-state index in [9.17, 15) is 50.4 Å². The number of methoxy groups -OCH3 is 1. The molecule has 58 heavy (non-hydrogen) atoms. The quantitative estimate of drug-likeness (QED) is 0.104. The summed E-state index contributed by atoms with van der Waals surface area (Å²) in [5, 5.41) is 86.9. The van der Waals surface area contributed by atoms with Gasteiger partial charge >= 0.3 is 11.9 Å². The van der Waals surface area contributed by atoms with Crippen LogP contribution in [0, 0.1) is 50.2 Å². The van der Waals surface area contributed by atoms with Crippen LogP contribution in [0.1, 0.15) is 106 Å². The lowest BCUT2D eigenvalue weighted by Gasteiger charge is -2.71. The molecule has 7 aliphatic rings. The number of aliphatic hydroxyl groups is 7. The Morgan fingerprint density at radius 3 is 2.07 bits per heavy atom. The van der Waals surface area contributed by atoms with E-state index in [2.05, 4.69) is 40.7 Å². The third-order valence-electron chi connectivity index (χ3n) is 17.4. The predicted octanol–water partition coefficient (Wildman–Crippen LogP) is 2.03. The van der Waals surface area contributed by atoms with Crippen molar-refractivity contribution >= 4 is 11.9 Å². The van der Waals surface area contributed by atoms with Gasteiger partial charge < -0.3 is 64.5 Å². The van der Waals surface area contributed by atoms with Gasteiger partial charge in [0.15, 0.2) is 18.7 Å². The Hall–Kier alpha value is -1.76. The lowest BCUT2D eigenvalue weighted by molar-refractivity contribution is -0.370. The number of hydrogen-bond donors (Lipinski definition) is 8. The van der Waals surface area contributed by atoms with Crippen LogP contribution in [-0.4, -0.2) is 140 Å². The number of hydrogen-bond acceptors (Lipinski definition) is 14. The highest BCUT2D eigenvalue weighted by Gasteiger charge is 2.70. The first-order chi connectivity index (χ1) is 26.9. The molecule has 19 unspecified atom stereocenters. The first kappa shape index (κ1) is 44.3. The number of aliphatic carboxylic acids is 1. The molecule has 5 aliphatic carbocycles. The molecule has 0 aromatic rings. The van der Waals surface area contributed by atoms with E-state index >= 15 is 0 Å². The first-order valence-electron chi connectivity index (χ1n) is 21.3. The molecule has 15 heteroatoms. The van der Waals surface area contributed by atoms with E-state index in [0.29, 0.717) is 19.3 Å². The molecule has 0 radical (unpaired) electrons. The molecule has 19 atom stereocenters. The summed E-state index contributed by atoms with van der Waals surface area (Å²) >= 11 is 0. The second-order valence-corrected chi connectivity index (χ2v) is 21.1. The minimum atomic E-state index is -1.87. The molecule has 0 spiro atoms. The van der Waals surface area contributed by atoms with Crippen molar-refractivity contribution in [2.45, 2.75) is 180 Å². The van der Waals surface area contributed by atoms with Gasteiger partial charge in [0, 0.05) is 0 Å². The summed E-state index contributed by atoms with van der Waals surface area (Å²) in [7, 11) is 1.09. The van der Waals surface area contributed by atoms with Crippen LogP contribution in [0.3, 0.4) is 0 Å². The van der Waals surface area contributed by atoms with Gasteiger partial charge in [-0.25, -0.2) is 4.79 Å². The minimum Gasteiger partial charge on any atom is -0.481 e. The third kappa shape index (κ3) is 6.46. The molecule has 7 rings (SSSR count). The monoisotopic (exact) mass is 824 g/mol. The number of carbonyl (C=O) groups is 2. The van der Waals surface area contributed by atoms with Gasteiger partial charge in [-0.2, -0.15) is 0 Å². The molecule has 0 bridgehead atoms. The lowest BCUT2D eigenvalue weighted by atomic mass is 9.33. The summed E-state index contributed by atoms with van der Waals surface area (Å²) in [6.07, 6.45) is -10.1. The Morgan fingerprint density at radius 2 is 1.43 bits per heavy atom. The van der Waals surface area contributed by atoms with Crippen molar-refractivity contribution in [3.05, 3.63) is 11.6 Å². The van der Waals surface area contributed by atoms with Crippen molar-refractivity contribution in [2.75, 3.05) is 13.7 Å². The van der Waals surface area contributed by atoms with Gasteiger partial charge in [-0.3, -0.25) is 4.79 Å². The van der Waals surface area contributed by atoms with E-state index in [4.69, 9.17) is 23.7 Å². The van der Waals surface area contributed by atoms with E-state index in [1.54, 1.807) is 0 Å². The predicted molar refractivity (Wildman–Crippen MR) is 204 cm³/mol. The summed E-state index contributed by atoms with van der Waals surface area (Å²) in [6.45, 7) is 14.9. The number of carboxylic acid groups (broad SMARTS) is 1. The first-order valence-corrected chi connectivity index (χ1v) is 21.3. The van der Waals surface area contributed by atoms with Crippen molar-refractivity contribution in [1.29, 1.82) is 0 Å². The molecule has 4 saturated carbocycles. The fourth-order valence-corrected chi connectivity index (χ4v) is 13.9. The van der Waals surface area contributed by atoms with Crippen LogP contribution in [0.2, 0.25) is 0 Å². The van der Waals surface area contributed by atoms with E-state index in [-0.39, 0.29) is 39.4 Å². The van der Waals surface area contributed by atoms with Gasteiger partial charge in [0.25, 0.3) is 0 Å². The average Bonchev–Trinajstić information content (AvgIpc) is 3.15. The molecular weight excluding hydrogens is 756 g/mol. The van der Waals surface area contributed by atoms with Crippen molar-refractivity contribution in [3.63, 3.8) is 0 Å².